The smallest absolute Gasteiger partial charge is 0.306 e. The van der Waals surface area contributed by atoms with Crippen LogP contribution in [0.25, 0.3) is 0 Å². The number of benzene rings is 3. The summed E-state index contributed by atoms with van der Waals surface area (Å²) in [7, 11) is 0. The van der Waals surface area contributed by atoms with E-state index in [1.807, 2.05) is 30.3 Å². The second-order valence-corrected chi connectivity index (χ2v) is 8.60. The molecule has 1 amide bonds. The Balaban J connectivity index is 1.17. The summed E-state index contributed by atoms with van der Waals surface area (Å²) in [6, 6.07) is 24.5. The monoisotopic (exact) mass is 475 g/mol. The van der Waals surface area contributed by atoms with Gasteiger partial charge < -0.3 is 15.0 Å². The summed E-state index contributed by atoms with van der Waals surface area (Å²) in [5.41, 5.74) is 3.54. The summed E-state index contributed by atoms with van der Waals surface area (Å²) in [5, 5.41) is 2.74. The molecular formula is C28H30FN3O3. The number of hydrogen-bond donors (Lipinski definition) is 1. The number of piperazine rings is 1. The van der Waals surface area contributed by atoms with Crippen molar-refractivity contribution in [3.05, 3.63) is 95.8 Å². The lowest BCUT2D eigenvalue weighted by atomic mass is 10.1. The van der Waals surface area contributed by atoms with Crippen LogP contribution < -0.4 is 10.2 Å². The van der Waals surface area contributed by atoms with E-state index in [2.05, 4.69) is 39.4 Å². The van der Waals surface area contributed by atoms with E-state index < -0.39 is 11.9 Å². The molecule has 0 atom stereocenters. The molecule has 182 valence electrons. The van der Waals surface area contributed by atoms with Crippen molar-refractivity contribution in [2.75, 3.05) is 43.0 Å². The molecule has 1 fully saturated rings. The zero-order valence-corrected chi connectivity index (χ0v) is 19.7. The number of anilines is 2. The molecule has 6 nitrogen and oxygen atoms in total. The lowest BCUT2D eigenvalue weighted by molar-refractivity contribution is -0.147. The van der Waals surface area contributed by atoms with Gasteiger partial charge in [-0.2, -0.15) is 0 Å². The predicted octanol–water partition coefficient (Wildman–Crippen LogP) is 4.26. The van der Waals surface area contributed by atoms with Crippen molar-refractivity contribution in [2.45, 2.75) is 19.4 Å². The van der Waals surface area contributed by atoms with Gasteiger partial charge in [-0.25, -0.2) is 4.39 Å². The van der Waals surface area contributed by atoms with Crippen molar-refractivity contribution in [3.63, 3.8) is 0 Å². The fraction of sp³-hybridized carbons (Fsp3) is 0.286. The number of ether oxygens (including phenoxy) is 1. The maximum absolute atomic E-state index is 13.6. The molecule has 0 aromatic heterocycles. The summed E-state index contributed by atoms with van der Waals surface area (Å²) in [6.07, 6.45) is 0.247. The van der Waals surface area contributed by atoms with Crippen LogP contribution in [0.2, 0.25) is 0 Å². The van der Waals surface area contributed by atoms with Crippen LogP contribution in [0.3, 0.4) is 0 Å². The van der Waals surface area contributed by atoms with Gasteiger partial charge in [0.1, 0.15) is 5.82 Å². The first-order chi connectivity index (χ1) is 17.1. The Kier molecular flexibility index (Phi) is 8.46. The third kappa shape index (κ3) is 7.39. The van der Waals surface area contributed by atoms with Crippen molar-refractivity contribution in [2.24, 2.45) is 0 Å². The minimum absolute atomic E-state index is 0.0154. The average molecular weight is 476 g/mol. The SMILES string of the molecule is O=C(COC(=O)CCc1ccccc1F)Nc1ccc(N2CCN(Cc3ccccc3)CC2)cc1. The number of carbonyl (C=O) groups excluding carboxylic acids is 2. The van der Waals surface area contributed by atoms with Crippen molar-refractivity contribution < 1.29 is 18.7 Å². The molecule has 35 heavy (non-hydrogen) atoms. The number of nitrogens with zero attached hydrogens (tertiary/aromatic N) is 2. The van der Waals surface area contributed by atoms with Crippen LogP contribution in [0, 0.1) is 5.82 Å². The van der Waals surface area contributed by atoms with Gasteiger partial charge in [-0.05, 0) is 47.9 Å². The Morgan fingerprint density at radius 1 is 0.857 bits per heavy atom. The van der Waals surface area contributed by atoms with Crippen molar-refractivity contribution in [1.82, 2.24) is 4.90 Å². The molecule has 1 saturated heterocycles. The van der Waals surface area contributed by atoms with E-state index in [-0.39, 0.29) is 25.3 Å². The second-order valence-electron chi connectivity index (χ2n) is 8.60. The molecule has 0 bridgehead atoms. The molecule has 1 aliphatic heterocycles. The molecule has 0 unspecified atom stereocenters. The average Bonchev–Trinajstić information content (AvgIpc) is 2.89. The lowest BCUT2D eigenvalue weighted by Crippen LogP contribution is -2.45. The Hall–Kier alpha value is -3.71. The Morgan fingerprint density at radius 3 is 2.26 bits per heavy atom. The number of rotatable bonds is 9. The van der Waals surface area contributed by atoms with E-state index in [1.54, 1.807) is 18.2 Å². The van der Waals surface area contributed by atoms with E-state index in [0.717, 1.165) is 38.4 Å². The number of hydrogen-bond acceptors (Lipinski definition) is 5. The molecule has 4 rings (SSSR count). The maximum Gasteiger partial charge on any atom is 0.306 e. The van der Waals surface area contributed by atoms with Crippen LogP contribution in [0.15, 0.2) is 78.9 Å². The fourth-order valence-corrected chi connectivity index (χ4v) is 4.11. The van der Waals surface area contributed by atoms with E-state index >= 15 is 0 Å². The van der Waals surface area contributed by atoms with Crippen molar-refractivity contribution >= 4 is 23.3 Å². The molecule has 1 aliphatic rings. The van der Waals surface area contributed by atoms with Crippen molar-refractivity contribution in [3.8, 4) is 0 Å². The fourth-order valence-electron chi connectivity index (χ4n) is 4.11. The molecule has 0 saturated carbocycles. The Labute approximate surface area is 205 Å². The van der Waals surface area contributed by atoms with E-state index in [0.29, 0.717) is 11.3 Å². The summed E-state index contributed by atoms with van der Waals surface area (Å²) >= 11 is 0. The third-order valence-electron chi connectivity index (χ3n) is 6.06. The van der Waals surface area contributed by atoms with Gasteiger partial charge >= 0.3 is 5.97 Å². The van der Waals surface area contributed by atoms with E-state index in [9.17, 15) is 14.0 Å². The standard InChI is InChI=1S/C28H30FN3O3/c29-26-9-5-4-8-23(26)10-15-28(34)35-21-27(33)30-24-11-13-25(14-12-24)32-18-16-31(17-19-32)20-22-6-2-1-3-7-22/h1-9,11-14H,10,15-21H2,(H,30,33). The number of aryl methyl sites for hydroxylation is 1. The molecule has 3 aromatic carbocycles. The van der Waals surface area contributed by atoms with Gasteiger partial charge in [-0.15, -0.1) is 0 Å². The highest BCUT2D eigenvalue weighted by atomic mass is 19.1. The molecular weight excluding hydrogens is 445 g/mol. The number of carbonyl (C=O) groups is 2. The molecule has 7 heteroatoms. The van der Waals surface area contributed by atoms with Gasteiger partial charge in [0.05, 0.1) is 0 Å². The summed E-state index contributed by atoms with van der Waals surface area (Å²) < 4.78 is 18.6. The molecule has 1 heterocycles. The zero-order valence-electron chi connectivity index (χ0n) is 19.7. The van der Waals surface area contributed by atoms with Gasteiger partial charge in [0, 0.05) is 50.5 Å². The quantitative estimate of drug-likeness (QED) is 0.469. The Morgan fingerprint density at radius 2 is 1.54 bits per heavy atom. The van der Waals surface area contributed by atoms with E-state index in [1.165, 1.54) is 11.6 Å². The molecule has 3 aromatic rings. The van der Waals surface area contributed by atoms with Crippen LogP contribution in [-0.4, -0.2) is 49.6 Å². The first kappa shape index (κ1) is 24.4. The van der Waals surface area contributed by atoms with Crippen molar-refractivity contribution in [1.29, 1.82) is 0 Å². The number of nitrogens with one attached hydrogen (secondary N) is 1. The minimum atomic E-state index is -0.537. The van der Waals surface area contributed by atoms with Gasteiger partial charge in [-0.1, -0.05) is 48.5 Å². The summed E-state index contributed by atoms with van der Waals surface area (Å²) in [6.45, 7) is 4.47. The number of halogens is 1. The lowest BCUT2D eigenvalue weighted by Gasteiger charge is -2.36. The first-order valence-corrected chi connectivity index (χ1v) is 11.9. The third-order valence-corrected chi connectivity index (χ3v) is 6.06. The summed E-state index contributed by atoms with van der Waals surface area (Å²) in [5.74, 6) is -1.30. The predicted molar refractivity (Wildman–Crippen MR) is 135 cm³/mol. The minimum Gasteiger partial charge on any atom is -0.456 e. The van der Waals surface area contributed by atoms with Crippen LogP contribution in [0.1, 0.15) is 17.5 Å². The molecule has 1 N–H and O–H groups in total. The summed E-state index contributed by atoms with van der Waals surface area (Å²) in [4.78, 5) is 28.8. The topological polar surface area (TPSA) is 61.9 Å². The highest BCUT2D eigenvalue weighted by Gasteiger charge is 2.17. The number of amides is 1. The van der Waals surface area contributed by atoms with Gasteiger partial charge in [-0.3, -0.25) is 14.5 Å². The van der Waals surface area contributed by atoms with Crippen LogP contribution in [0.4, 0.5) is 15.8 Å². The van der Waals surface area contributed by atoms with Gasteiger partial charge in [0.25, 0.3) is 5.91 Å². The van der Waals surface area contributed by atoms with E-state index in [4.69, 9.17) is 4.74 Å². The first-order valence-electron chi connectivity index (χ1n) is 11.9. The largest absolute Gasteiger partial charge is 0.456 e. The highest BCUT2D eigenvalue weighted by Crippen LogP contribution is 2.20. The normalized spacial score (nSPS) is 13.9. The second kappa shape index (κ2) is 12.1. The highest BCUT2D eigenvalue weighted by molar-refractivity contribution is 5.93. The van der Waals surface area contributed by atoms with Crippen LogP contribution >= 0.6 is 0 Å². The molecule has 0 aliphatic carbocycles. The molecule has 0 spiro atoms. The Bertz CT molecular complexity index is 1110. The van der Waals surface area contributed by atoms with Crippen LogP contribution in [-0.2, 0) is 27.3 Å². The van der Waals surface area contributed by atoms with Gasteiger partial charge in [0.2, 0.25) is 0 Å². The van der Waals surface area contributed by atoms with Gasteiger partial charge in [0.15, 0.2) is 6.61 Å². The maximum atomic E-state index is 13.6. The molecule has 0 radical (unpaired) electrons. The van der Waals surface area contributed by atoms with Crippen LogP contribution in [0.5, 0.6) is 0 Å². The number of esters is 1. The zero-order chi connectivity index (χ0) is 24.5.